The maximum Gasteiger partial charge on any atom is 0.151 e. The average Bonchev–Trinajstić information content (AvgIpc) is 3.21. The van der Waals surface area contributed by atoms with Gasteiger partial charge in [-0.3, -0.25) is 4.79 Å². The molecule has 7 nitrogen and oxygen atoms in total. The summed E-state index contributed by atoms with van der Waals surface area (Å²) in [5.41, 5.74) is 5.43. The molecular weight excluding hydrogens is 937 g/mol. The highest BCUT2D eigenvalue weighted by Gasteiger charge is 2.01. The van der Waals surface area contributed by atoms with Crippen molar-refractivity contribution in [1.82, 2.24) is 0 Å². The predicted molar refractivity (Wildman–Crippen MR) is 259 cm³/mol. The van der Waals surface area contributed by atoms with E-state index < -0.39 is 0 Å². The van der Waals surface area contributed by atoms with Crippen LogP contribution in [0.2, 0.25) is 35.2 Å². The van der Waals surface area contributed by atoms with Crippen molar-refractivity contribution in [3.63, 3.8) is 0 Å². The number of phenols is 6. The van der Waals surface area contributed by atoms with Gasteiger partial charge in [0, 0.05) is 25.7 Å². The second-order valence-electron chi connectivity index (χ2n) is 12.8. The SMILES string of the molecule is Cc1cc(O)c(Cl)cc1C.Cc1cc(O)cc(C)c1Cl.Cc1cc(O)ccc1Cl.O=Cc1ccccc1Cl.Oc1ccc(Cl)cc1.Oc1cccc(Cl)c1.Oc1ccccc1Cl. The van der Waals surface area contributed by atoms with Crippen LogP contribution in [0.25, 0.3) is 0 Å². The molecule has 0 bridgehead atoms. The third-order valence-corrected chi connectivity index (χ3v) is 10.1. The van der Waals surface area contributed by atoms with Gasteiger partial charge >= 0.3 is 0 Å². The van der Waals surface area contributed by atoms with Gasteiger partial charge in [-0.15, -0.1) is 0 Å². The zero-order valence-corrected chi connectivity index (χ0v) is 39.4. The number of phenolic OH excluding ortho intramolecular Hbond substituents is 6. The lowest BCUT2D eigenvalue weighted by molar-refractivity contribution is 0.112. The molecule has 0 aliphatic carbocycles. The quantitative estimate of drug-likeness (QED) is 0.0901. The first-order valence-corrected chi connectivity index (χ1v) is 20.7. The molecule has 0 aliphatic heterocycles. The second kappa shape index (κ2) is 29.4. The van der Waals surface area contributed by atoms with Crippen molar-refractivity contribution < 1.29 is 35.4 Å². The molecule has 7 aromatic rings. The maximum atomic E-state index is 10.1. The molecule has 6 N–H and O–H groups in total. The Morgan fingerprint density at radius 1 is 0.355 bits per heavy atom. The van der Waals surface area contributed by atoms with E-state index in [1.54, 1.807) is 133 Å². The molecule has 7 aromatic carbocycles. The van der Waals surface area contributed by atoms with Crippen LogP contribution >= 0.6 is 81.2 Å². The van der Waals surface area contributed by atoms with Crippen molar-refractivity contribution in [1.29, 1.82) is 0 Å². The number of aryl methyl sites for hydroxylation is 5. The third kappa shape index (κ3) is 22.8. The first-order valence-electron chi connectivity index (χ1n) is 18.0. The van der Waals surface area contributed by atoms with Gasteiger partial charge in [0.25, 0.3) is 0 Å². The molecule has 0 unspecified atom stereocenters. The molecule has 0 aromatic heterocycles. The molecule has 62 heavy (non-hydrogen) atoms. The molecule has 0 spiro atoms. The Kier molecular flexibility index (Phi) is 26.1. The van der Waals surface area contributed by atoms with E-state index >= 15 is 0 Å². The number of para-hydroxylation sites is 1. The highest BCUT2D eigenvalue weighted by atomic mass is 35.5. The maximum absolute atomic E-state index is 10.1. The van der Waals surface area contributed by atoms with Crippen molar-refractivity contribution >= 4 is 87.5 Å². The molecule has 328 valence electrons. The molecular formula is C48H45Cl7O7. The fourth-order valence-electron chi connectivity index (χ4n) is 4.26. The molecule has 0 saturated carbocycles. The van der Waals surface area contributed by atoms with Gasteiger partial charge in [-0.2, -0.15) is 0 Å². The van der Waals surface area contributed by atoms with Crippen LogP contribution in [-0.4, -0.2) is 36.9 Å². The van der Waals surface area contributed by atoms with Crippen molar-refractivity contribution in [3.8, 4) is 34.5 Å². The van der Waals surface area contributed by atoms with Gasteiger partial charge in [0.2, 0.25) is 0 Å². The summed E-state index contributed by atoms with van der Waals surface area (Å²) in [7, 11) is 0. The summed E-state index contributed by atoms with van der Waals surface area (Å²) < 4.78 is 0. The van der Waals surface area contributed by atoms with E-state index in [2.05, 4.69) is 0 Å². The summed E-state index contributed by atoms with van der Waals surface area (Å²) in [6.45, 7) is 9.48. The van der Waals surface area contributed by atoms with Crippen molar-refractivity contribution in [3.05, 3.63) is 208 Å². The van der Waals surface area contributed by atoms with Crippen LogP contribution in [0.15, 0.2) is 140 Å². The third-order valence-electron chi connectivity index (χ3n) is 7.65. The lowest BCUT2D eigenvalue weighted by Gasteiger charge is -2.01. The number of carbonyl (C=O) groups excluding carboxylic acids is 1. The van der Waals surface area contributed by atoms with Gasteiger partial charge in [0.05, 0.1) is 15.1 Å². The topological polar surface area (TPSA) is 138 Å². The molecule has 0 atom stereocenters. The molecule has 0 heterocycles. The molecule has 14 heteroatoms. The Labute approximate surface area is 397 Å². The van der Waals surface area contributed by atoms with Crippen molar-refractivity contribution in [2.45, 2.75) is 34.6 Å². The number of halogens is 7. The van der Waals surface area contributed by atoms with Crippen LogP contribution in [0.5, 0.6) is 34.5 Å². The Morgan fingerprint density at radius 2 is 0.855 bits per heavy atom. The Morgan fingerprint density at radius 3 is 1.26 bits per heavy atom. The first-order chi connectivity index (χ1) is 29.1. The molecule has 0 radical (unpaired) electrons. The Balaban J connectivity index is 0.000000362. The van der Waals surface area contributed by atoms with Gasteiger partial charge in [0.15, 0.2) is 6.29 Å². The second-order valence-corrected chi connectivity index (χ2v) is 15.6. The summed E-state index contributed by atoms with van der Waals surface area (Å²) in [5, 5.41) is 57.2. The molecule has 0 amide bonds. The predicted octanol–water partition coefficient (Wildman–Crippen LogP) is 16.0. The normalized spacial score (nSPS) is 9.42. The van der Waals surface area contributed by atoms with Gasteiger partial charge < -0.3 is 30.6 Å². The number of hydrogen-bond donors (Lipinski definition) is 6. The number of rotatable bonds is 1. The van der Waals surface area contributed by atoms with Gasteiger partial charge in [-0.1, -0.05) is 118 Å². The fourth-order valence-corrected chi connectivity index (χ4v) is 5.33. The van der Waals surface area contributed by atoms with Crippen LogP contribution in [0.3, 0.4) is 0 Å². The number of aldehydes is 1. The molecule has 0 aliphatic rings. The molecule has 0 saturated heterocycles. The van der Waals surface area contributed by atoms with Crippen molar-refractivity contribution in [2.24, 2.45) is 0 Å². The summed E-state index contributed by atoms with van der Waals surface area (Å²) in [5.74, 6) is 1.28. The monoisotopic (exact) mass is 978 g/mol. The summed E-state index contributed by atoms with van der Waals surface area (Å²) in [4.78, 5) is 10.1. The Bertz CT molecular complexity index is 2310. The van der Waals surface area contributed by atoms with Crippen LogP contribution < -0.4 is 0 Å². The fraction of sp³-hybridized carbons (Fsp3) is 0.104. The molecule has 7 rings (SSSR count). The van der Waals surface area contributed by atoms with Crippen LogP contribution in [0.4, 0.5) is 0 Å². The van der Waals surface area contributed by atoms with E-state index in [0.717, 1.165) is 39.1 Å². The summed E-state index contributed by atoms with van der Waals surface area (Å²) in [6.07, 6.45) is 0.738. The standard InChI is InChI=1S/2C8H9ClO.C7H7ClO.C7H5ClO.3C6H5ClO/c1-5-3-7(10)4-6(2)8(5)9;1-5-3-7(9)8(10)4-6(5)2;1-5-4-6(9)2-3-7(5)8;8-7-4-2-1-3-6(7)5-9;7-5-1-3-6(8)4-2-5;7-5-2-1-3-6(8)4-5;7-5-3-1-2-4-6(5)8/h2*3-4,10H,1-2H3;2-4,9H,1H3;1-5H;3*1-4,8H. The zero-order valence-electron chi connectivity index (χ0n) is 34.1. The van der Waals surface area contributed by atoms with E-state index in [0.29, 0.717) is 35.7 Å². The minimum absolute atomic E-state index is 0.133. The van der Waals surface area contributed by atoms with Crippen LogP contribution in [-0.2, 0) is 0 Å². The van der Waals surface area contributed by atoms with E-state index in [1.165, 1.54) is 6.07 Å². The van der Waals surface area contributed by atoms with E-state index in [1.807, 2.05) is 34.6 Å². The van der Waals surface area contributed by atoms with Gasteiger partial charge in [-0.25, -0.2) is 0 Å². The van der Waals surface area contributed by atoms with E-state index in [-0.39, 0.29) is 34.5 Å². The Hall–Kier alpha value is -4.96. The van der Waals surface area contributed by atoms with Crippen LogP contribution in [0.1, 0.15) is 38.2 Å². The smallest absolute Gasteiger partial charge is 0.151 e. The van der Waals surface area contributed by atoms with E-state index in [4.69, 9.17) is 112 Å². The average molecular weight is 982 g/mol. The molecule has 0 fully saturated rings. The van der Waals surface area contributed by atoms with Crippen molar-refractivity contribution in [2.75, 3.05) is 0 Å². The lowest BCUT2D eigenvalue weighted by Crippen LogP contribution is -1.79. The number of benzene rings is 7. The number of carbonyl (C=O) groups is 1. The van der Waals surface area contributed by atoms with Crippen LogP contribution in [0, 0.1) is 34.6 Å². The summed E-state index contributed by atoms with van der Waals surface area (Å²) in [6, 6.07) is 38.0. The zero-order chi connectivity index (χ0) is 46.9. The highest BCUT2D eigenvalue weighted by molar-refractivity contribution is 6.33. The highest BCUT2D eigenvalue weighted by Crippen LogP contribution is 2.27. The van der Waals surface area contributed by atoms with Gasteiger partial charge in [-0.05, 0) is 166 Å². The minimum atomic E-state index is 0.133. The minimum Gasteiger partial charge on any atom is -0.508 e. The number of aromatic hydroxyl groups is 6. The largest absolute Gasteiger partial charge is 0.508 e. The summed E-state index contributed by atoms with van der Waals surface area (Å²) >= 11 is 39.2. The first kappa shape index (κ1) is 55.1. The number of hydrogen-bond acceptors (Lipinski definition) is 7. The van der Waals surface area contributed by atoms with Gasteiger partial charge in [0.1, 0.15) is 34.5 Å². The lowest BCUT2D eigenvalue weighted by atomic mass is 10.1. The van der Waals surface area contributed by atoms with E-state index in [9.17, 15) is 4.79 Å².